The van der Waals surface area contributed by atoms with E-state index in [0.717, 1.165) is 17.0 Å². The summed E-state index contributed by atoms with van der Waals surface area (Å²) in [5, 5.41) is 3.50. The number of hydrogen-bond donors (Lipinski definition) is 1. The van der Waals surface area contributed by atoms with Crippen molar-refractivity contribution in [2.75, 3.05) is 16.8 Å². The third-order valence-corrected chi connectivity index (χ3v) is 7.14. The fourth-order valence-electron chi connectivity index (χ4n) is 5.52. The van der Waals surface area contributed by atoms with Crippen LogP contribution in [0.4, 0.5) is 11.4 Å². The molecule has 1 atom stereocenters. The predicted octanol–water partition coefficient (Wildman–Crippen LogP) is 6.48. The van der Waals surface area contributed by atoms with Gasteiger partial charge in [0.15, 0.2) is 11.6 Å². The van der Waals surface area contributed by atoms with E-state index in [1.165, 1.54) is 6.92 Å². The van der Waals surface area contributed by atoms with E-state index >= 15 is 0 Å². The number of anilines is 2. The van der Waals surface area contributed by atoms with Crippen LogP contribution in [0.5, 0.6) is 5.75 Å². The lowest BCUT2D eigenvalue weighted by Gasteiger charge is -2.36. The number of ketones is 2. The minimum atomic E-state index is -0.605. The van der Waals surface area contributed by atoms with Gasteiger partial charge in [0.2, 0.25) is 5.91 Å². The van der Waals surface area contributed by atoms with Crippen LogP contribution >= 0.6 is 0 Å². The lowest BCUT2D eigenvalue weighted by molar-refractivity contribution is -0.118. The van der Waals surface area contributed by atoms with Crippen molar-refractivity contribution < 1.29 is 19.1 Å². The van der Waals surface area contributed by atoms with Crippen molar-refractivity contribution >= 4 is 28.8 Å². The first-order valence-electron chi connectivity index (χ1n) is 13.0. The molecule has 194 valence electrons. The van der Waals surface area contributed by atoms with Crippen LogP contribution < -0.4 is 15.0 Å². The Morgan fingerprint density at radius 1 is 0.974 bits per heavy atom. The van der Waals surface area contributed by atoms with E-state index < -0.39 is 6.04 Å². The van der Waals surface area contributed by atoms with Crippen molar-refractivity contribution in [3.8, 4) is 5.75 Å². The molecule has 0 radical (unpaired) electrons. The Labute approximate surface area is 223 Å². The Balaban J connectivity index is 1.69. The SMILES string of the molecule is CCOc1ccc([C@@H]2C3=C(CC(C)(C)CC3=O)Nc3cc(C(=O)c4ccccc4)ccc3N2C(C)=O)cc1. The number of carbonyl (C=O) groups excluding carboxylic acids is 3. The third-order valence-electron chi connectivity index (χ3n) is 7.14. The number of Topliss-reactive ketones (excluding diaryl/α,β-unsaturated/α-hetero) is 1. The summed E-state index contributed by atoms with van der Waals surface area (Å²) in [5.74, 6) is 0.445. The fourth-order valence-corrected chi connectivity index (χ4v) is 5.52. The zero-order valence-corrected chi connectivity index (χ0v) is 22.2. The number of hydrogen-bond acceptors (Lipinski definition) is 5. The summed E-state index contributed by atoms with van der Waals surface area (Å²) in [6.45, 7) is 8.14. The molecule has 0 saturated carbocycles. The smallest absolute Gasteiger partial charge is 0.224 e. The van der Waals surface area contributed by atoms with Gasteiger partial charge in [-0.25, -0.2) is 0 Å². The molecule has 3 aromatic rings. The molecule has 38 heavy (non-hydrogen) atoms. The molecule has 6 heteroatoms. The Morgan fingerprint density at radius 2 is 1.68 bits per heavy atom. The highest BCUT2D eigenvalue weighted by Crippen LogP contribution is 2.48. The molecule has 2 aliphatic rings. The largest absolute Gasteiger partial charge is 0.494 e. The summed E-state index contributed by atoms with van der Waals surface area (Å²) in [7, 11) is 0. The van der Waals surface area contributed by atoms with Crippen LogP contribution in [0.25, 0.3) is 0 Å². The van der Waals surface area contributed by atoms with Crippen molar-refractivity contribution in [1.29, 1.82) is 0 Å². The molecule has 0 fully saturated rings. The number of amides is 1. The van der Waals surface area contributed by atoms with Gasteiger partial charge >= 0.3 is 0 Å². The van der Waals surface area contributed by atoms with Gasteiger partial charge in [-0.05, 0) is 54.7 Å². The maximum Gasteiger partial charge on any atom is 0.224 e. The minimum Gasteiger partial charge on any atom is -0.494 e. The normalized spacial score (nSPS) is 18.2. The number of benzene rings is 3. The van der Waals surface area contributed by atoms with Crippen LogP contribution in [-0.2, 0) is 9.59 Å². The summed E-state index contributed by atoms with van der Waals surface area (Å²) in [6, 6.07) is 21.4. The van der Waals surface area contributed by atoms with Gasteiger partial charge in [-0.1, -0.05) is 56.3 Å². The van der Waals surface area contributed by atoms with Gasteiger partial charge in [0.1, 0.15) is 5.75 Å². The number of fused-ring (bicyclic) bond motifs is 1. The summed E-state index contributed by atoms with van der Waals surface area (Å²) >= 11 is 0. The standard InChI is InChI=1S/C32H32N2O4/c1-5-38-24-14-11-21(12-15-24)30-29-26(18-32(3,4)19-28(29)36)33-25-17-23(13-16-27(25)34(30)20(2)35)31(37)22-9-7-6-8-10-22/h6-17,30,33H,5,18-19H2,1-4H3/t30-/m1/s1. The number of allylic oxidation sites excluding steroid dienone is 1. The molecule has 1 aliphatic carbocycles. The van der Waals surface area contributed by atoms with Crippen molar-refractivity contribution in [3.05, 3.63) is 101 Å². The van der Waals surface area contributed by atoms with E-state index in [0.29, 0.717) is 47.5 Å². The summed E-state index contributed by atoms with van der Waals surface area (Å²) < 4.78 is 5.63. The Bertz CT molecular complexity index is 1440. The maximum absolute atomic E-state index is 13.7. The number of nitrogens with one attached hydrogen (secondary N) is 1. The molecule has 1 amide bonds. The second-order valence-corrected chi connectivity index (χ2v) is 10.7. The first-order valence-corrected chi connectivity index (χ1v) is 13.0. The highest BCUT2D eigenvalue weighted by Gasteiger charge is 2.42. The molecule has 0 unspecified atom stereocenters. The van der Waals surface area contributed by atoms with E-state index in [-0.39, 0.29) is 22.9 Å². The molecule has 5 rings (SSSR count). The monoisotopic (exact) mass is 508 g/mol. The second kappa shape index (κ2) is 9.93. The first kappa shape index (κ1) is 25.5. The number of rotatable bonds is 5. The van der Waals surface area contributed by atoms with Crippen LogP contribution in [0.3, 0.4) is 0 Å². The summed E-state index contributed by atoms with van der Waals surface area (Å²) in [4.78, 5) is 41.9. The zero-order chi connectivity index (χ0) is 27.0. The van der Waals surface area contributed by atoms with E-state index in [2.05, 4.69) is 19.2 Å². The average molecular weight is 509 g/mol. The number of carbonyl (C=O) groups is 3. The molecule has 0 aromatic heterocycles. The summed E-state index contributed by atoms with van der Waals surface area (Å²) in [5.41, 5.74) is 4.32. The van der Waals surface area contributed by atoms with Crippen molar-refractivity contribution in [2.45, 2.75) is 46.6 Å². The van der Waals surface area contributed by atoms with Gasteiger partial charge in [-0.2, -0.15) is 0 Å². The van der Waals surface area contributed by atoms with Crippen molar-refractivity contribution in [2.24, 2.45) is 5.41 Å². The molecule has 0 saturated heterocycles. The van der Waals surface area contributed by atoms with E-state index in [1.54, 1.807) is 35.2 Å². The van der Waals surface area contributed by atoms with E-state index in [1.807, 2.05) is 49.4 Å². The lowest BCUT2D eigenvalue weighted by atomic mass is 9.73. The van der Waals surface area contributed by atoms with Gasteiger partial charge in [-0.3, -0.25) is 19.3 Å². The van der Waals surface area contributed by atoms with Gasteiger partial charge < -0.3 is 10.1 Å². The van der Waals surface area contributed by atoms with Gasteiger partial charge in [0, 0.05) is 35.7 Å². The lowest BCUT2D eigenvalue weighted by Crippen LogP contribution is -2.38. The van der Waals surface area contributed by atoms with Crippen molar-refractivity contribution in [1.82, 2.24) is 0 Å². The Hall–Kier alpha value is -4.19. The Kier molecular flexibility index (Phi) is 6.66. The number of nitrogens with zero attached hydrogens (tertiary/aromatic N) is 1. The topological polar surface area (TPSA) is 75.7 Å². The first-order chi connectivity index (χ1) is 18.2. The van der Waals surface area contributed by atoms with Crippen molar-refractivity contribution in [3.63, 3.8) is 0 Å². The second-order valence-electron chi connectivity index (χ2n) is 10.7. The zero-order valence-electron chi connectivity index (χ0n) is 22.2. The summed E-state index contributed by atoms with van der Waals surface area (Å²) in [6.07, 6.45) is 1.03. The minimum absolute atomic E-state index is 0.0160. The van der Waals surface area contributed by atoms with Gasteiger partial charge in [-0.15, -0.1) is 0 Å². The van der Waals surface area contributed by atoms with Gasteiger partial charge in [0.05, 0.1) is 24.0 Å². The number of ether oxygens (including phenoxy) is 1. The molecule has 3 aromatic carbocycles. The average Bonchev–Trinajstić information content (AvgIpc) is 3.02. The van der Waals surface area contributed by atoms with E-state index in [9.17, 15) is 14.4 Å². The van der Waals surface area contributed by atoms with Crippen LogP contribution in [-0.4, -0.2) is 24.1 Å². The molecule has 1 aliphatic heterocycles. The van der Waals surface area contributed by atoms with Crippen LogP contribution in [0.2, 0.25) is 0 Å². The quantitative estimate of drug-likeness (QED) is 0.399. The highest BCUT2D eigenvalue weighted by atomic mass is 16.5. The van der Waals surface area contributed by atoms with Crippen LogP contribution in [0.15, 0.2) is 84.1 Å². The molecule has 1 N–H and O–H groups in total. The van der Waals surface area contributed by atoms with Crippen LogP contribution in [0, 0.1) is 5.41 Å². The predicted molar refractivity (Wildman–Crippen MR) is 148 cm³/mol. The molecule has 0 spiro atoms. The maximum atomic E-state index is 13.7. The third kappa shape index (κ3) is 4.74. The molecule has 1 heterocycles. The highest BCUT2D eigenvalue weighted by molar-refractivity contribution is 6.11. The molecule has 6 nitrogen and oxygen atoms in total. The van der Waals surface area contributed by atoms with Crippen LogP contribution in [0.1, 0.15) is 68.1 Å². The molecular formula is C32H32N2O4. The molecular weight excluding hydrogens is 476 g/mol. The van der Waals surface area contributed by atoms with E-state index in [4.69, 9.17) is 4.74 Å². The fraction of sp³-hybridized carbons (Fsp3) is 0.281. The molecule has 0 bridgehead atoms. The Morgan fingerprint density at radius 3 is 2.34 bits per heavy atom. The van der Waals surface area contributed by atoms with Gasteiger partial charge in [0.25, 0.3) is 0 Å².